The Balaban J connectivity index is 1.74. The molecular formula is C13H23NO2. The highest BCUT2D eigenvalue weighted by molar-refractivity contribution is 5.79. The van der Waals surface area contributed by atoms with E-state index in [0.717, 1.165) is 32.5 Å². The fraction of sp³-hybridized carbons (Fsp3) is 0.923. The van der Waals surface area contributed by atoms with Gasteiger partial charge in [-0.05, 0) is 38.3 Å². The Hall–Kier alpha value is -0.570. The minimum Gasteiger partial charge on any atom is -0.481 e. The lowest BCUT2D eigenvalue weighted by atomic mass is 9.97. The van der Waals surface area contributed by atoms with Gasteiger partial charge in [0.1, 0.15) is 0 Å². The number of hydrogen-bond acceptors (Lipinski definition) is 2. The van der Waals surface area contributed by atoms with Gasteiger partial charge in [0.15, 0.2) is 0 Å². The molecule has 3 nitrogen and oxygen atoms in total. The van der Waals surface area contributed by atoms with E-state index in [-0.39, 0.29) is 5.41 Å². The SMILES string of the molecule is CCCCCCN1CCC2CC2(C(=O)O)C1. The van der Waals surface area contributed by atoms with Crippen LogP contribution in [-0.4, -0.2) is 35.6 Å². The number of piperidine rings is 1. The van der Waals surface area contributed by atoms with Crippen LogP contribution in [0.15, 0.2) is 0 Å². The van der Waals surface area contributed by atoms with Gasteiger partial charge in [-0.3, -0.25) is 4.79 Å². The van der Waals surface area contributed by atoms with Crippen LogP contribution < -0.4 is 0 Å². The van der Waals surface area contributed by atoms with Crippen molar-refractivity contribution in [3.63, 3.8) is 0 Å². The zero-order valence-corrected chi connectivity index (χ0v) is 10.2. The van der Waals surface area contributed by atoms with Crippen LogP contribution in [0.2, 0.25) is 0 Å². The molecule has 16 heavy (non-hydrogen) atoms. The first kappa shape index (κ1) is 11.9. The molecule has 92 valence electrons. The van der Waals surface area contributed by atoms with E-state index in [2.05, 4.69) is 11.8 Å². The van der Waals surface area contributed by atoms with Gasteiger partial charge >= 0.3 is 5.97 Å². The number of nitrogens with zero attached hydrogens (tertiary/aromatic N) is 1. The third-order valence-electron chi connectivity index (χ3n) is 4.29. The summed E-state index contributed by atoms with van der Waals surface area (Å²) in [5.41, 5.74) is -0.344. The van der Waals surface area contributed by atoms with Crippen molar-refractivity contribution in [1.82, 2.24) is 4.90 Å². The van der Waals surface area contributed by atoms with Gasteiger partial charge in [0.25, 0.3) is 0 Å². The average Bonchev–Trinajstić information content (AvgIpc) is 2.99. The van der Waals surface area contributed by atoms with E-state index < -0.39 is 5.97 Å². The van der Waals surface area contributed by atoms with Gasteiger partial charge in [-0.25, -0.2) is 0 Å². The Labute approximate surface area is 97.8 Å². The van der Waals surface area contributed by atoms with Gasteiger partial charge < -0.3 is 10.0 Å². The summed E-state index contributed by atoms with van der Waals surface area (Å²) in [6.45, 7) is 5.24. The Morgan fingerprint density at radius 1 is 1.44 bits per heavy atom. The van der Waals surface area contributed by atoms with Crippen molar-refractivity contribution in [2.24, 2.45) is 11.3 Å². The third kappa shape index (κ3) is 2.24. The van der Waals surface area contributed by atoms with E-state index in [9.17, 15) is 9.90 Å². The van der Waals surface area contributed by atoms with Crippen LogP contribution in [-0.2, 0) is 4.79 Å². The maximum absolute atomic E-state index is 11.2. The fourth-order valence-corrected chi connectivity index (χ4v) is 3.05. The largest absolute Gasteiger partial charge is 0.481 e. The first-order valence-corrected chi connectivity index (χ1v) is 6.65. The van der Waals surface area contributed by atoms with E-state index in [1.54, 1.807) is 0 Å². The van der Waals surface area contributed by atoms with E-state index in [4.69, 9.17) is 0 Å². The van der Waals surface area contributed by atoms with E-state index >= 15 is 0 Å². The fourth-order valence-electron chi connectivity index (χ4n) is 3.05. The molecule has 1 aliphatic carbocycles. The molecule has 0 aromatic heterocycles. The summed E-state index contributed by atoms with van der Waals surface area (Å²) in [6.07, 6.45) is 7.11. The number of hydrogen-bond donors (Lipinski definition) is 1. The molecule has 0 aromatic rings. The zero-order valence-electron chi connectivity index (χ0n) is 10.2. The number of rotatable bonds is 6. The number of carboxylic acids is 1. The summed E-state index contributed by atoms with van der Waals surface area (Å²) in [5.74, 6) is -0.0763. The summed E-state index contributed by atoms with van der Waals surface area (Å²) in [7, 11) is 0. The van der Waals surface area contributed by atoms with Gasteiger partial charge in [0.05, 0.1) is 5.41 Å². The van der Waals surface area contributed by atoms with Gasteiger partial charge in [-0.1, -0.05) is 26.2 Å². The molecule has 0 aromatic carbocycles. The number of aliphatic carboxylic acids is 1. The minimum absolute atomic E-state index is 0.344. The Bertz CT molecular complexity index is 267. The second-order valence-electron chi connectivity index (χ2n) is 5.49. The predicted octanol–water partition coefficient (Wildman–Crippen LogP) is 2.36. The van der Waals surface area contributed by atoms with Crippen molar-refractivity contribution >= 4 is 5.97 Å². The highest BCUT2D eigenvalue weighted by Gasteiger charge is 2.62. The highest BCUT2D eigenvalue weighted by atomic mass is 16.4. The topological polar surface area (TPSA) is 40.5 Å². The lowest BCUT2D eigenvalue weighted by Gasteiger charge is -2.30. The van der Waals surface area contributed by atoms with Crippen molar-refractivity contribution in [2.45, 2.75) is 45.4 Å². The molecular weight excluding hydrogens is 202 g/mol. The molecule has 0 amide bonds. The molecule has 1 saturated heterocycles. The Morgan fingerprint density at radius 2 is 2.25 bits per heavy atom. The van der Waals surface area contributed by atoms with Crippen molar-refractivity contribution in [3.8, 4) is 0 Å². The molecule has 0 radical (unpaired) electrons. The standard InChI is InChI=1S/C13H23NO2/c1-2-3-4-5-7-14-8-6-11-9-13(11,10-14)12(15)16/h11H,2-10H2,1H3,(H,15,16). The number of likely N-dealkylation sites (tertiary alicyclic amines) is 1. The van der Waals surface area contributed by atoms with Crippen molar-refractivity contribution in [3.05, 3.63) is 0 Å². The lowest BCUT2D eigenvalue weighted by molar-refractivity contribution is -0.145. The van der Waals surface area contributed by atoms with Crippen molar-refractivity contribution in [1.29, 1.82) is 0 Å². The maximum Gasteiger partial charge on any atom is 0.311 e. The minimum atomic E-state index is -0.559. The van der Waals surface area contributed by atoms with Gasteiger partial charge in [-0.2, -0.15) is 0 Å². The number of carbonyl (C=O) groups is 1. The lowest BCUT2D eigenvalue weighted by Crippen LogP contribution is -2.40. The first-order chi connectivity index (χ1) is 7.69. The summed E-state index contributed by atoms with van der Waals surface area (Å²) in [6, 6.07) is 0. The van der Waals surface area contributed by atoms with Crippen LogP contribution in [0.25, 0.3) is 0 Å². The number of fused-ring (bicyclic) bond motifs is 1. The molecule has 3 heteroatoms. The van der Waals surface area contributed by atoms with Crippen LogP contribution in [0.3, 0.4) is 0 Å². The Morgan fingerprint density at radius 3 is 2.94 bits per heavy atom. The molecule has 1 aliphatic heterocycles. The summed E-state index contributed by atoms with van der Waals surface area (Å²) in [4.78, 5) is 13.6. The molecule has 2 fully saturated rings. The number of unbranched alkanes of at least 4 members (excludes halogenated alkanes) is 3. The monoisotopic (exact) mass is 225 g/mol. The van der Waals surface area contributed by atoms with Gasteiger partial charge in [-0.15, -0.1) is 0 Å². The molecule has 1 heterocycles. The molecule has 2 aliphatic rings. The van der Waals surface area contributed by atoms with E-state index in [1.807, 2.05) is 0 Å². The molecule has 1 N–H and O–H groups in total. The molecule has 2 unspecified atom stereocenters. The normalized spacial score (nSPS) is 33.4. The zero-order chi connectivity index (χ0) is 11.6. The van der Waals surface area contributed by atoms with E-state index in [0.29, 0.717) is 5.92 Å². The highest BCUT2D eigenvalue weighted by Crippen LogP contribution is 2.57. The van der Waals surface area contributed by atoms with Gasteiger partial charge in [0, 0.05) is 6.54 Å². The van der Waals surface area contributed by atoms with Crippen LogP contribution in [0.1, 0.15) is 45.4 Å². The maximum atomic E-state index is 11.2. The molecule has 2 rings (SSSR count). The second kappa shape index (κ2) is 4.74. The first-order valence-electron chi connectivity index (χ1n) is 6.65. The molecule has 0 bridgehead atoms. The smallest absolute Gasteiger partial charge is 0.311 e. The average molecular weight is 225 g/mol. The third-order valence-corrected chi connectivity index (χ3v) is 4.29. The van der Waals surface area contributed by atoms with Crippen LogP contribution in [0.5, 0.6) is 0 Å². The molecule has 0 spiro atoms. The van der Waals surface area contributed by atoms with Crippen LogP contribution in [0, 0.1) is 11.3 Å². The summed E-state index contributed by atoms with van der Waals surface area (Å²) >= 11 is 0. The quantitative estimate of drug-likeness (QED) is 0.705. The second-order valence-corrected chi connectivity index (χ2v) is 5.49. The number of carboxylic acid groups (broad SMARTS) is 1. The van der Waals surface area contributed by atoms with Crippen LogP contribution >= 0.6 is 0 Å². The van der Waals surface area contributed by atoms with Crippen LogP contribution in [0.4, 0.5) is 0 Å². The molecule has 1 saturated carbocycles. The summed E-state index contributed by atoms with van der Waals surface area (Å²) < 4.78 is 0. The summed E-state index contributed by atoms with van der Waals surface area (Å²) in [5, 5.41) is 9.24. The van der Waals surface area contributed by atoms with Crippen molar-refractivity contribution < 1.29 is 9.90 Å². The molecule has 2 atom stereocenters. The predicted molar refractivity (Wildman–Crippen MR) is 63.4 cm³/mol. The Kier molecular flexibility index (Phi) is 3.53. The van der Waals surface area contributed by atoms with E-state index in [1.165, 1.54) is 25.7 Å². The van der Waals surface area contributed by atoms with Crippen molar-refractivity contribution in [2.75, 3.05) is 19.6 Å². The van der Waals surface area contributed by atoms with Gasteiger partial charge in [0.2, 0.25) is 0 Å².